The Kier molecular flexibility index (Phi) is 5.43. The van der Waals surface area contributed by atoms with Gasteiger partial charge >= 0.3 is 6.03 Å². The first-order valence-corrected chi connectivity index (χ1v) is 10.2. The predicted molar refractivity (Wildman–Crippen MR) is 102 cm³/mol. The highest BCUT2D eigenvalue weighted by molar-refractivity contribution is 5.75. The zero-order valence-corrected chi connectivity index (χ0v) is 16.3. The van der Waals surface area contributed by atoms with Crippen LogP contribution in [0.4, 0.5) is 4.79 Å². The molecule has 0 radical (unpaired) electrons. The van der Waals surface area contributed by atoms with Gasteiger partial charge in [-0.25, -0.2) is 4.79 Å². The lowest BCUT2D eigenvalue weighted by Crippen LogP contribution is -2.46. The number of carbonyl (C=O) groups excluding carboxylic acids is 1. The van der Waals surface area contributed by atoms with Gasteiger partial charge in [-0.05, 0) is 42.9 Å². The molecule has 3 aliphatic rings. The van der Waals surface area contributed by atoms with Gasteiger partial charge in [-0.3, -0.25) is 0 Å². The summed E-state index contributed by atoms with van der Waals surface area (Å²) in [6.07, 6.45) is 3.26. The Morgan fingerprint density at radius 1 is 1.15 bits per heavy atom. The Labute approximate surface area is 161 Å². The number of ether oxygens (including phenoxy) is 3. The van der Waals surface area contributed by atoms with Gasteiger partial charge in [0.25, 0.3) is 0 Å². The van der Waals surface area contributed by atoms with E-state index in [0.29, 0.717) is 25.2 Å². The zero-order chi connectivity index (χ0) is 18.8. The van der Waals surface area contributed by atoms with Crippen molar-refractivity contribution in [3.63, 3.8) is 0 Å². The number of fused-ring (bicyclic) bond motifs is 1. The molecule has 1 saturated carbocycles. The standard InChI is InChI=1S/C21H30N2O4/c1-14(2)20(16-3-6-18-19(11-16)27-10-9-26-18)22-21(24)23(17-4-5-17)12-15-7-8-25-13-15/h3,6,11,14-15,17,20H,4-5,7-10,12-13H2,1-2H3,(H,22,24). The average molecular weight is 374 g/mol. The molecule has 2 atom stereocenters. The second kappa shape index (κ2) is 7.97. The third-order valence-corrected chi connectivity index (χ3v) is 5.60. The van der Waals surface area contributed by atoms with Gasteiger partial charge in [-0.15, -0.1) is 0 Å². The van der Waals surface area contributed by atoms with Gasteiger partial charge in [0, 0.05) is 25.1 Å². The van der Waals surface area contributed by atoms with E-state index in [-0.39, 0.29) is 18.0 Å². The molecule has 0 spiro atoms. The van der Waals surface area contributed by atoms with Gasteiger partial charge in [0.05, 0.1) is 12.6 Å². The molecule has 1 aliphatic carbocycles. The fourth-order valence-corrected chi connectivity index (χ4v) is 3.89. The summed E-state index contributed by atoms with van der Waals surface area (Å²) in [6.45, 7) is 7.79. The molecule has 2 unspecified atom stereocenters. The topological polar surface area (TPSA) is 60.0 Å². The van der Waals surface area contributed by atoms with Crippen LogP contribution in [0.25, 0.3) is 0 Å². The van der Waals surface area contributed by atoms with E-state index in [9.17, 15) is 4.79 Å². The van der Waals surface area contributed by atoms with Crippen molar-refractivity contribution in [2.75, 3.05) is 33.0 Å². The lowest BCUT2D eigenvalue weighted by atomic mass is 9.95. The van der Waals surface area contributed by atoms with Gasteiger partial charge in [0.15, 0.2) is 11.5 Å². The summed E-state index contributed by atoms with van der Waals surface area (Å²) < 4.78 is 16.8. The molecule has 1 aromatic carbocycles. The molecule has 1 aromatic rings. The summed E-state index contributed by atoms with van der Waals surface area (Å²) >= 11 is 0. The van der Waals surface area contributed by atoms with E-state index in [2.05, 4.69) is 19.2 Å². The summed E-state index contributed by atoms with van der Waals surface area (Å²) in [5.41, 5.74) is 1.06. The van der Waals surface area contributed by atoms with E-state index in [1.807, 2.05) is 23.1 Å². The highest BCUT2D eigenvalue weighted by Gasteiger charge is 2.36. The lowest BCUT2D eigenvalue weighted by Gasteiger charge is -2.30. The number of rotatable bonds is 6. The molecule has 0 aromatic heterocycles. The molecule has 0 bridgehead atoms. The molecule has 2 amide bonds. The van der Waals surface area contributed by atoms with Crippen molar-refractivity contribution in [3.05, 3.63) is 23.8 Å². The molecule has 4 rings (SSSR count). The molecule has 27 heavy (non-hydrogen) atoms. The second-order valence-corrected chi connectivity index (χ2v) is 8.19. The monoisotopic (exact) mass is 374 g/mol. The lowest BCUT2D eigenvalue weighted by molar-refractivity contribution is 0.158. The normalized spacial score (nSPS) is 22.6. The highest BCUT2D eigenvalue weighted by Crippen LogP contribution is 2.35. The number of nitrogens with one attached hydrogen (secondary N) is 1. The van der Waals surface area contributed by atoms with E-state index in [4.69, 9.17) is 14.2 Å². The van der Waals surface area contributed by atoms with Crippen LogP contribution in [0.15, 0.2) is 18.2 Å². The number of nitrogens with zero attached hydrogens (tertiary/aromatic N) is 1. The highest BCUT2D eigenvalue weighted by atomic mass is 16.6. The Hall–Kier alpha value is -1.95. The molecule has 6 nitrogen and oxygen atoms in total. The second-order valence-electron chi connectivity index (χ2n) is 8.19. The van der Waals surface area contributed by atoms with E-state index in [1.54, 1.807) is 0 Å². The third-order valence-electron chi connectivity index (χ3n) is 5.60. The molecule has 2 fully saturated rings. The summed E-state index contributed by atoms with van der Waals surface area (Å²) in [6, 6.07) is 6.35. The Balaban J connectivity index is 1.47. The minimum Gasteiger partial charge on any atom is -0.486 e. The smallest absolute Gasteiger partial charge is 0.318 e. The van der Waals surface area contributed by atoms with Gasteiger partial charge in [-0.1, -0.05) is 19.9 Å². The number of hydrogen-bond acceptors (Lipinski definition) is 4. The van der Waals surface area contributed by atoms with Crippen LogP contribution in [0.2, 0.25) is 0 Å². The van der Waals surface area contributed by atoms with Crippen molar-refractivity contribution in [1.29, 1.82) is 0 Å². The van der Waals surface area contributed by atoms with Gasteiger partial charge in [0.2, 0.25) is 0 Å². The SMILES string of the molecule is CC(C)C(NC(=O)N(CC1CCOC1)C1CC1)c1ccc2c(c1)OCCO2. The van der Waals surface area contributed by atoms with Crippen molar-refractivity contribution in [1.82, 2.24) is 10.2 Å². The van der Waals surface area contributed by atoms with Gasteiger partial charge in [-0.2, -0.15) is 0 Å². The number of carbonyl (C=O) groups is 1. The van der Waals surface area contributed by atoms with E-state index in [0.717, 1.165) is 56.1 Å². The fourth-order valence-electron chi connectivity index (χ4n) is 3.89. The van der Waals surface area contributed by atoms with Crippen molar-refractivity contribution in [2.45, 2.75) is 45.2 Å². The van der Waals surface area contributed by atoms with E-state index in [1.165, 1.54) is 0 Å². The van der Waals surface area contributed by atoms with Crippen molar-refractivity contribution in [3.8, 4) is 11.5 Å². The van der Waals surface area contributed by atoms with Crippen molar-refractivity contribution >= 4 is 6.03 Å². The minimum atomic E-state index is -0.0607. The molecule has 2 aliphatic heterocycles. The van der Waals surface area contributed by atoms with Crippen LogP contribution in [-0.4, -0.2) is 49.9 Å². The third kappa shape index (κ3) is 4.32. The summed E-state index contributed by atoms with van der Waals surface area (Å²) in [4.78, 5) is 15.1. The molecule has 1 N–H and O–H groups in total. The maximum atomic E-state index is 13.1. The van der Waals surface area contributed by atoms with Crippen LogP contribution in [0.5, 0.6) is 11.5 Å². The van der Waals surface area contributed by atoms with Crippen LogP contribution in [-0.2, 0) is 4.74 Å². The van der Waals surface area contributed by atoms with Crippen molar-refractivity contribution < 1.29 is 19.0 Å². The summed E-state index contributed by atoms with van der Waals surface area (Å²) in [5, 5.41) is 3.28. The van der Waals surface area contributed by atoms with E-state index < -0.39 is 0 Å². The van der Waals surface area contributed by atoms with E-state index >= 15 is 0 Å². The largest absolute Gasteiger partial charge is 0.486 e. The first kappa shape index (κ1) is 18.4. The zero-order valence-electron chi connectivity index (χ0n) is 16.3. The summed E-state index contributed by atoms with van der Waals surface area (Å²) in [7, 11) is 0. The van der Waals surface area contributed by atoms with Crippen LogP contribution < -0.4 is 14.8 Å². The number of hydrogen-bond donors (Lipinski definition) is 1. The Morgan fingerprint density at radius 3 is 2.59 bits per heavy atom. The predicted octanol–water partition coefficient (Wildman–Crippen LogP) is 3.37. The first-order valence-electron chi connectivity index (χ1n) is 10.2. The maximum Gasteiger partial charge on any atom is 0.318 e. The van der Waals surface area contributed by atoms with Gasteiger partial charge in [0.1, 0.15) is 13.2 Å². The number of urea groups is 1. The van der Waals surface area contributed by atoms with Crippen molar-refractivity contribution in [2.24, 2.45) is 11.8 Å². The van der Waals surface area contributed by atoms with Crippen LogP contribution in [0.1, 0.15) is 44.7 Å². The van der Waals surface area contributed by atoms with Crippen LogP contribution in [0, 0.1) is 11.8 Å². The number of amides is 2. The van der Waals surface area contributed by atoms with Crippen LogP contribution in [0.3, 0.4) is 0 Å². The molecular formula is C21H30N2O4. The fraction of sp³-hybridized carbons (Fsp3) is 0.667. The summed E-state index contributed by atoms with van der Waals surface area (Å²) in [5.74, 6) is 2.27. The maximum absolute atomic E-state index is 13.1. The minimum absolute atomic E-state index is 0.0398. The Morgan fingerprint density at radius 2 is 1.93 bits per heavy atom. The number of benzene rings is 1. The van der Waals surface area contributed by atoms with Gasteiger partial charge < -0.3 is 24.4 Å². The molecule has 1 saturated heterocycles. The quantitative estimate of drug-likeness (QED) is 0.829. The van der Waals surface area contributed by atoms with Crippen LogP contribution >= 0.6 is 0 Å². The first-order chi connectivity index (χ1) is 13.1. The average Bonchev–Trinajstić information content (AvgIpc) is 3.38. The Bertz CT molecular complexity index is 668. The molecular weight excluding hydrogens is 344 g/mol. The molecule has 6 heteroatoms. The molecule has 148 valence electrons. The molecule has 2 heterocycles.